The van der Waals surface area contributed by atoms with Gasteiger partial charge in [0.05, 0.1) is 13.2 Å². The van der Waals surface area contributed by atoms with E-state index >= 15 is 0 Å². The van der Waals surface area contributed by atoms with Crippen molar-refractivity contribution in [2.45, 2.75) is 18.3 Å². The summed E-state index contributed by atoms with van der Waals surface area (Å²) in [6.45, 7) is 0.979. The van der Waals surface area contributed by atoms with Crippen LogP contribution in [-0.2, 0) is 14.3 Å². The average molecular weight is 431 g/mol. The maximum atomic E-state index is 10.5. The molecule has 1 heterocycles. The Balaban J connectivity index is 0.000000245. The zero-order valence-electron chi connectivity index (χ0n) is 17.6. The molecule has 1 aliphatic heterocycles. The number of esters is 1. The van der Waals surface area contributed by atoms with Crippen molar-refractivity contribution in [2.24, 2.45) is 0 Å². The van der Waals surface area contributed by atoms with Crippen molar-refractivity contribution in [1.29, 1.82) is 0 Å². The molecule has 2 aromatic carbocycles. The molecular weight excluding hydrogens is 402 g/mol. The summed E-state index contributed by atoms with van der Waals surface area (Å²) >= 11 is 0. The van der Waals surface area contributed by atoms with Gasteiger partial charge >= 0.3 is 5.97 Å². The molecule has 168 valence electrons. The predicted octanol–water partition coefficient (Wildman–Crippen LogP) is 1.95. The predicted molar refractivity (Wildman–Crippen MR) is 114 cm³/mol. The number of carbonyl (C=O) groups excluding carboxylic acids is 1. The smallest absolute Gasteiger partial charge is 0.377 e. The first-order valence-electron chi connectivity index (χ1n) is 9.83. The highest BCUT2D eigenvalue weighted by atomic mass is 16.6. The van der Waals surface area contributed by atoms with Crippen LogP contribution in [0.25, 0.3) is 0 Å². The lowest BCUT2D eigenvalue weighted by Gasteiger charge is -2.20. The first-order valence-corrected chi connectivity index (χ1v) is 9.83. The molecule has 2 aromatic rings. The molecule has 0 fully saturated rings. The number of aliphatic hydroxyl groups excluding tert-OH is 4. The fraction of sp³-hybridized carbons (Fsp3) is 0.348. The molecule has 0 bridgehead atoms. The van der Waals surface area contributed by atoms with E-state index in [0.29, 0.717) is 0 Å². The van der Waals surface area contributed by atoms with Crippen molar-refractivity contribution in [3.05, 3.63) is 83.3 Å². The lowest BCUT2D eigenvalue weighted by atomic mass is 10.0. The minimum Gasteiger partial charge on any atom is -0.505 e. The molecule has 3 rings (SSSR count). The molecule has 0 aromatic heterocycles. The molecule has 1 aliphatic rings. The molecule has 2 atom stereocenters. The number of ether oxygens (including phenoxy) is 2. The second kappa shape index (κ2) is 12.1. The highest BCUT2D eigenvalue weighted by Crippen LogP contribution is 2.25. The van der Waals surface area contributed by atoms with Crippen LogP contribution in [0.1, 0.15) is 17.2 Å². The van der Waals surface area contributed by atoms with Crippen LogP contribution >= 0.6 is 0 Å². The third-order valence-electron chi connectivity index (χ3n) is 4.50. The molecular formula is C23H29NO7. The van der Waals surface area contributed by atoms with E-state index in [1.165, 1.54) is 11.1 Å². The van der Waals surface area contributed by atoms with Crippen molar-refractivity contribution in [3.63, 3.8) is 0 Å². The van der Waals surface area contributed by atoms with Gasteiger partial charge in [0.25, 0.3) is 0 Å². The molecule has 8 heteroatoms. The third-order valence-corrected chi connectivity index (χ3v) is 4.50. The van der Waals surface area contributed by atoms with Gasteiger partial charge in [-0.05, 0) is 25.2 Å². The number of carbonyl (C=O) groups is 1. The van der Waals surface area contributed by atoms with E-state index in [-0.39, 0.29) is 6.10 Å². The summed E-state index contributed by atoms with van der Waals surface area (Å²) in [5.41, 5.74) is 2.40. The lowest BCUT2D eigenvalue weighted by molar-refractivity contribution is -0.147. The normalized spacial score (nSPS) is 16.8. The molecule has 2 unspecified atom stereocenters. The lowest BCUT2D eigenvalue weighted by Crippen LogP contribution is -2.31. The highest BCUT2D eigenvalue weighted by molar-refractivity contribution is 5.89. The SMILES string of the molecule is CN(C)CCOC(c1ccccc1)c1ccccc1.O=C1OC(C(O)CO)C(O)=C1O. The monoisotopic (exact) mass is 431 g/mol. The van der Waals surface area contributed by atoms with Gasteiger partial charge in [-0.1, -0.05) is 60.7 Å². The van der Waals surface area contributed by atoms with Crippen LogP contribution in [0.15, 0.2) is 72.2 Å². The Bertz CT molecular complexity index is 800. The summed E-state index contributed by atoms with van der Waals surface area (Å²) in [5.74, 6) is -2.78. The standard InChI is InChI=1S/C17H21NO.C6H8O6/c1-18(2)13-14-19-17(15-9-5-3-6-10-15)16-11-7-4-8-12-16;7-1-2(8)5-3(9)4(10)6(11)12-5/h3-12,17H,13-14H2,1-2H3;2,5,7-10H,1H2. The fourth-order valence-corrected chi connectivity index (χ4v) is 2.82. The summed E-state index contributed by atoms with van der Waals surface area (Å²) < 4.78 is 10.4. The van der Waals surface area contributed by atoms with Crippen molar-refractivity contribution in [3.8, 4) is 0 Å². The van der Waals surface area contributed by atoms with E-state index in [2.05, 4.69) is 72.3 Å². The van der Waals surface area contributed by atoms with Crippen LogP contribution in [0.4, 0.5) is 0 Å². The van der Waals surface area contributed by atoms with Crippen molar-refractivity contribution < 1.29 is 34.7 Å². The van der Waals surface area contributed by atoms with Gasteiger partial charge in [0, 0.05) is 6.54 Å². The number of rotatable bonds is 8. The van der Waals surface area contributed by atoms with Crippen molar-refractivity contribution in [2.75, 3.05) is 33.9 Å². The van der Waals surface area contributed by atoms with Gasteiger partial charge in [0.15, 0.2) is 11.9 Å². The Labute approximate surface area is 181 Å². The molecule has 31 heavy (non-hydrogen) atoms. The molecule has 0 aliphatic carbocycles. The molecule has 4 N–H and O–H groups in total. The van der Waals surface area contributed by atoms with Crippen LogP contribution in [0.5, 0.6) is 0 Å². The van der Waals surface area contributed by atoms with E-state index in [9.17, 15) is 4.79 Å². The van der Waals surface area contributed by atoms with Crippen LogP contribution < -0.4 is 0 Å². The number of cyclic esters (lactones) is 1. The number of benzene rings is 2. The topological polar surface area (TPSA) is 120 Å². The maximum absolute atomic E-state index is 10.5. The van der Waals surface area contributed by atoms with Gasteiger partial charge in [0.1, 0.15) is 12.2 Å². The third kappa shape index (κ3) is 7.08. The van der Waals surface area contributed by atoms with Crippen molar-refractivity contribution >= 4 is 5.97 Å². The average Bonchev–Trinajstić information content (AvgIpc) is 3.05. The number of hydrogen-bond acceptors (Lipinski definition) is 8. The number of hydrogen-bond donors (Lipinski definition) is 4. The van der Waals surface area contributed by atoms with Crippen LogP contribution in [0.3, 0.4) is 0 Å². The van der Waals surface area contributed by atoms with Crippen LogP contribution in [0.2, 0.25) is 0 Å². The fourth-order valence-electron chi connectivity index (χ4n) is 2.82. The quantitative estimate of drug-likeness (QED) is 0.468. The maximum Gasteiger partial charge on any atom is 0.377 e. The van der Waals surface area contributed by atoms with E-state index in [4.69, 9.17) is 25.2 Å². The highest BCUT2D eigenvalue weighted by Gasteiger charge is 2.38. The Hall–Kier alpha value is -2.91. The Morgan fingerprint density at radius 3 is 1.90 bits per heavy atom. The minimum absolute atomic E-state index is 0.0161. The van der Waals surface area contributed by atoms with Crippen molar-refractivity contribution in [1.82, 2.24) is 4.90 Å². The molecule has 0 radical (unpaired) electrons. The Kier molecular flexibility index (Phi) is 9.48. The zero-order chi connectivity index (χ0) is 22.8. The van der Waals surface area contributed by atoms with Crippen LogP contribution in [0, 0.1) is 0 Å². The van der Waals surface area contributed by atoms with E-state index in [0.717, 1.165) is 13.2 Å². The molecule has 0 saturated carbocycles. The minimum atomic E-state index is -1.42. The summed E-state index contributed by atoms with van der Waals surface area (Å²) in [4.78, 5) is 12.7. The Morgan fingerprint density at radius 1 is 1.00 bits per heavy atom. The van der Waals surface area contributed by atoms with E-state index in [1.807, 2.05) is 12.1 Å². The first kappa shape index (κ1) is 24.4. The van der Waals surface area contributed by atoms with Gasteiger partial charge in [0.2, 0.25) is 5.76 Å². The van der Waals surface area contributed by atoms with Gasteiger partial charge < -0.3 is 34.8 Å². The van der Waals surface area contributed by atoms with Gasteiger partial charge in [-0.25, -0.2) is 4.79 Å². The summed E-state index contributed by atoms with van der Waals surface area (Å²) in [6, 6.07) is 20.8. The molecule has 8 nitrogen and oxygen atoms in total. The molecule has 0 amide bonds. The van der Waals surface area contributed by atoms with Gasteiger partial charge in [-0.15, -0.1) is 0 Å². The summed E-state index contributed by atoms with van der Waals surface area (Å²) in [7, 11) is 4.12. The molecule has 0 spiro atoms. The zero-order valence-corrected chi connectivity index (χ0v) is 17.6. The summed E-state index contributed by atoms with van der Waals surface area (Å²) in [5, 5.41) is 35.0. The Morgan fingerprint density at radius 2 is 1.52 bits per heavy atom. The second-order valence-electron chi connectivity index (χ2n) is 7.19. The van der Waals surface area contributed by atoms with E-state index < -0.39 is 36.3 Å². The van der Waals surface area contributed by atoms with Crippen LogP contribution in [-0.4, -0.2) is 77.4 Å². The van der Waals surface area contributed by atoms with Gasteiger partial charge in [-0.2, -0.15) is 0 Å². The first-order chi connectivity index (χ1) is 14.8. The number of likely N-dealkylation sites (N-methyl/N-ethyl adjacent to an activating group) is 1. The number of aliphatic hydroxyl groups is 4. The number of nitrogens with zero attached hydrogens (tertiary/aromatic N) is 1. The largest absolute Gasteiger partial charge is 0.505 e. The summed E-state index contributed by atoms with van der Waals surface area (Å²) in [6.07, 6.45) is -2.76. The van der Waals surface area contributed by atoms with E-state index in [1.54, 1.807) is 0 Å². The molecule has 0 saturated heterocycles. The van der Waals surface area contributed by atoms with Gasteiger partial charge in [-0.3, -0.25) is 0 Å². The second-order valence-corrected chi connectivity index (χ2v) is 7.19.